The van der Waals surface area contributed by atoms with Gasteiger partial charge >= 0.3 is 5.97 Å². The molecule has 0 aliphatic carbocycles. The van der Waals surface area contributed by atoms with Crippen molar-refractivity contribution < 1.29 is 19.1 Å². The van der Waals surface area contributed by atoms with E-state index >= 15 is 0 Å². The van der Waals surface area contributed by atoms with Gasteiger partial charge in [-0.25, -0.2) is 9.18 Å². The van der Waals surface area contributed by atoms with E-state index in [2.05, 4.69) is 5.32 Å². The zero-order chi connectivity index (χ0) is 18.5. The Hall–Kier alpha value is -2.99. The number of aromatic carboxylic acids is 1. The first kappa shape index (κ1) is 17.8. The van der Waals surface area contributed by atoms with Gasteiger partial charge in [0.15, 0.2) is 0 Å². The maximum Gasteiger partial charge on any atom is 0.345 e. The van der Waals surface area contributed by atoms with Crippen molar-refractivity contribution in [1.29, 1.82) is 0 Å². The molecule has 2 N–H and O–H groups in total. The van der Waals surface area contributed by atoms with Gasteiger partial charge in [0.1, 0.15) is 10.7 Å². The van der Waals surface area contributed by atoms with Crippen LogP contribution in [0.4, 0.5) is 4.39 Å². The number of rotatable bonds is 6. The van der Waals surface area contributed by atoms with Gasteiger partial charge in [0.2, 0.25) is 0 Å². The summed E-state index contributed by atoms with van der Waals surface area (Å²) in [5.74, 6) is -1.49. The molecule has 0 aliphatic heterocycles. The highest BCUT2D eigenvalue weighted by atomic mass is 32.1. The number of carboxylic acid groups (broad SMARTS) is 1. The van der Waals surface area contributed by atoms with Crippen LogP contribution in [0.3, 0.4) is 0 Å². The number of thiophene rings is 1. The molecule has 0 fully saturated rings. The van der Waals surface area contributed by atoms with E-state index in [1.807, 2.05) is 6.07 Å². The molecule has 3 rings (SSSR count). The molecule has 0 spiro atoms. The number of halogens is 1. The molecule has 4 nitrogen and oxygen atoms in total. The number of nitrogens with one attached hydrogen (secondary N) is 1. The molecular formula is C20H16FNO3S. The molecule has 0 aliphatic rings. The highest BCUT2D eigenvalue weighted by molar-refractivity contribution is 7.13. The maximum atomic E-state index is 13.4. The second kappa shape index (κ2) is 7.93. The summed E-state index contributed by atoms with van der Waals surface area (Å²) in [6.45, 7) is 0.405. The van der Waals surface area contributed by atoms with Crippen molar-refractivity contribution in [2.75, 3.05) is 6.54 Å². The quantitative estimate of drug-likeness (QED) is 0.683. The van der Waals surface area contributed by atoms with Crippen LogP contribution in [0.1, 0.15) is 24.9 Å². The summed E-state index contributed by atoms with van der Waals surface area (Å²) in [7, 11) is 0. The molecule has 0 bridgehead atoms. The van der Waals surface area contributed by atoms with E-state index in [9.17, 15) is 14.0 Å². The van der Waals surface area contributed by atoms with Crippen LogP contribution in [0.15, 0.2) is 60.7 Å². The Morgan fingerprint density at radius 2 is 1.73 bits per heavy atom. The van der Waals surface area contributed by atoms with Gasteiger partial charge < -0.3 is 10.4 Å². The van der Waals surface area contributed by atoms with Gasteiger partial charge in [-0.05, 0) is 53.9 Å². The molecule has 132 valence electrons. The second-order valence-electron chi connectivity index (χ2n) is 5.67. The number of benzene rings is 2. The number of amides is 1. The molecule has 0 unspecified atom stereocenters. The molecule has 2 aromatic carbocycles. The van der Waals surface area contributed by atoms with E-state index in [-0.39, 0.29) is 16.6 Å². The monoisotopic (exact) mass is 369 g/mol. The summed E-state index contributed by atoms with van der Waals surface area (Å²) < 4.78 is 13.4. The summed E-state index contributed by atoms with van der Waals surface area (Å²) in [6, 6.07) is 16.5. The Kier molecular flexibility index (Phi) is 5.43. The third-order valence-electron chi connectivity index (χ3n) is 3.81. The van der Waals surface area contributed by atoms with E-state index in [1.165, 1.54) is 23.5 Å². The van der Waals surface area contributed by atoms with Crippen LogP contribution in [0.5, 0.6) is 0 Å². The van der Waals surface area contributed by atoms with E-state index < -0.39 is 5.97 Å². The molecule has 1 aromatic heterocycles. The summed E-state index contributed by atoms with van der Waals surface area (Å²) in [6.07, 6.45) is 0.563. The minimum absolute atomic E-state index is 0.224. The highest BCUT2D eigenvalue weighted by Crippen LogP contribution is 2.21. The summed E-state index contributed by atoms with van der Waals surface area (Å²) in [4.78, 5) is 24.4. The van der Waals surface area contributed by atoms with Crippen molar-refractivity contribution in [1.82, 2.24) is 5.32 Å². The summed E-state index contributed by atoms with van der Waals surface area (Å²) >= 11 is 1.20. The molecule has 26 heavy (non-hydrogen) atoms. The van der Waals surface area contributed by atoms with Crippen LogP contribution in [0, 0.1) is 5.82 Å². The minimum atomic E-state index is -0.945. The van der Waals surface area contributed by atoms with Crippen LogP contribution in [-0.4, -0.2) is 23.5 Å². The van der Waals surface area contributed by atoms with Crippen molar-refractivity contribution in [2.45, 2.75) is 6.42 Å². The predicted molar refractivity (Wildman–Crippen MR) is 99.2 cm³/mol. The van der Waals surface area contributed by atoms with E-state index in [0.717, 1.165) is 10.4 Å². The van der Waals surface area contributed by atoms with E-state index in [0.29, 0.717) is 24.1 Å². The molecule has 3 aromatic rings. The Morgan fingerprint density at radius 1 is 1.00 bits per heavy atom. The average Bonchev–Trinajstić information content (AvgIpc) is 3.11. The van der Waals surface area contributed by atoms with Crippen LogP contribution >= 0.6 is 11.3 Å². The van der Waals surface area contributed by atoms with Crippen LogP contribution in [0.2, 0.25) is 0 Å². The Labute approximate surface area is 153 Å². The number of hydrogen-bond acceptors (Lipinski definition) is 3. The fraction of sp³-hybridized carbons (Fsp3) is 0.100. The Morgan fingerprint density at radius 3 is 2.42 bits per heavy atom. The van der Waals surface area contributed by atoms with Gasteiger partial charge in [0, 0.05) is 17.0 Å². The topological polar surface area (TPSA) is 66.4 Å². The van der Waals surface area contributed by atoms with Crippen molar-refractivity contribution >= 4 is 23.2 Å². The SMILES string of the molecule is O=C(NCCc1ccc(C(=O)O)s1)c1cccc(-c2cccc(F)c2)c1. The lowest BCUT2D eigenvalue weighted by molar-refractivity contribution is 0.0702. The molecule has 0 radical (unpaired) electrons. The molecule has 1 heterocycles. The second-order valence-corrected chi connectivity index (χ2v) is 6.84. The lowest BCUT2D eigenvalue weighted by Crippen LogP contribution is -2.25. The fourth-order valence-electron chi connectivity index (χ4n) is 2.54. The van der Waals surface area contributed by atoms with Gasteiger partial charge in [-0.2, -0.15) is 0 Å². The third-order valence-corrected chi connectivity index (χ3v) is 4.95. The third kappa shape index (κ3) is 4.34. The lowest BCUT2D eigenvalue weighted by Gasteiger charge is -2.07. The number of carbonyl (C=O) groups excluding carboxylic acids is 1. The normalized spacial score (nSPS) is 10.5. The van der Waals surface area contributed by atoms with E-state index in [1.54, 1.807) is 42.5 Å². The largest absolute Gasteiger partial charge is 0.477 e. The molecule has 0 saturated heterocycles. The smallest absolute Gasteiger partial charge is 0.345 e. The zero-order valence-electron chi connectivity index (χ0n) is 13.7. The van der Waals surface area contributed by atoms with Crippen molar-refractivity contribution in [2.24, 2.45) is 0 Å². The first-order valence-corrected chi connectivity index (χ1v) is 8.81. The Bertz CT molecular complexity index is 951. The number of hydrogen-bond donors (Lipinski definition) is 2. The number of carbonyl (C=O) groups is 2. The highest BCUT2D eigenvalue weighted by Gasteiger charge is 2.09. The molecule has 0 saturated carbocycles. The van der Waals surface area contributed by atoms with E-state index in [4.69, 9.17) is 5.11 Å². The minimum Gasteiger partial charge on any atom is -0.477 e. The summed E-state index contributed by atoms with van der Waals surface area (Å²) in [5.41, 5.74) is 1.96. The van der Waals surface area contributed by atoms with Crippen LogP contribution in [0.25, 0.3) is 11.1 Å². The van der Waals surface area contributed by atoms with Crippen molar-refractivity contribution in [3.05, 3.63) is 81.8 Å². The van der Waals surface area contributed by atoms with Gasteiger partial charge in [0.25, 0.3) is 5.91 Å². The molecular weight excluding hydrogens is 353 g/mol. The van der Waals surface area contributed by atoms with Gasteiger partial charge in [0.05, 0.1) is 0 Å². The first-order chi connectivity index (χ1) is 12.5. The zero-order valence-corrected chi connectivity index (χ0v) is 14.6. The molecule has 6 heteroatoms. The van der Waals surface area contributed by atoms with Gasteiger partial charge in [-0.1, -0.05) is 24.3 Å². The lowest BCUT2D eigenvalue weighted by atomic mass is 10.0. The van der Waals surface area contributed by atoms with Gasteiger partial charge in [-0.3, -0.25) is 4.79 Å². The summed E-state index contributed by atoms with van der Waals surface area (Å²) in [5, 5.41) is 11.7. The number of carboxylic acids is 1. The first-order valence-electron chi connectivity index (χ1n) is 7.99. The fourth-order valence-corrected chi connectivity index (χ4v) is 3.38. The maximum absolute atomic E-state index is 13.4. The predicted octanol–water partition coefficient (Wildman–Crippen LogP) is 4.22. The van der Waals surface area contributed by atoms with Crippen molar-refractivity contribution in [3.8, 4) is 11.1 Å². The van der Waals surface area contributed by atoms with Crippen LogP contribution < -0.4 is 5.32 Å². The molecule has 0 atom stereocenters. The molecule has 1 amide bonds. The van der Waals surface area contributed by atoms with Crippen molar-refractivity contribution in [3.63, 3.8) is 0 Å². The van der Waals surface area contributed by atoms with Crippen LogP contribution in [-0.2, 0) is 6.42 Å². The van der Waals surface area contributed by atoms with Gasteiger partial charge in [-0.15, -0.1) is 11.3 Å². The Balaban J connectivity index is 1.62. The average molecular weight is 369 g/mol. The standard InChI is InChI=1S/C20H16FNO3S/c21-16-6-2-4-14(12-16)13-3-1-5-15(11-13)19(23)22-10-9-17-7-8-18(26-17)20(24)25/h1-8,11-12H,9-10H2,(H,22,23)(H,24,25).